The van der Waals surface area contributed by atoms with Crippen molar-refractivity contribution in [2.45, 2.75) is 20.3 Å². The average Bonchev–Trinajstić information content (AvgIpc) is 2.01. The molecule has 0 heterocycles. The maximum absolute atomic E-state index is 5.97. The zero-order valence-corrected chi connectivity index (χ0v) is 8.13. The van der Waals surface area contributed by atoms with Gasteiger partial charge < -0.3 is 0 Å². The van der Waals surface area contributed by atoms with E-state index in [0.29, 0.717) is 10.0 Å². The first-order chi connectivity index (χ1) is 5.16. The number of benzene rings is 1. The van der Waals surface area contributed by atoms with Gasteiger partial charge in [-0.3, -0.25) is 0 Å². The fraction of sp³-hybridized carbons (Fsp3) is 0.333. The van der Waals surface area contributed by atoms with Gasteiger partial charge in [-0.15, -0.1) is 0 Å². The van der Waals surface area contributed by atoms with Gasteiger partial charge in [-0.25, -0.2) is 0 Å². The lowest BCUT2D eigenvalue weighted by molar-refractivity contribution is 1.14. The van der Waals surface area contributed by atoms with E-state index in [1.165, 1.54) is 0 Å². The zero-order chi connectivity index (χ0) is 8.43. The van der Waals surface area contributed by atoms with Crippen LogP contribution >= 0.6 is 23.2 Å². The first-order valence-corrected chi connectivity index (χ1v) is 4.36. The molecule has 0 aliphatic rings. The van der Waals surface area contributed by atoms with Crippen molar-refractivity contribution in [1.29, 1.82) is 0 Å². The Morgan fingerprint density at radius 1 is 1.18 bits per heavy atom. The van der Waals surface area contributed by atoms with Crippen LogP contribution in [0.4, 0.5) is 0 Å². The molecule has 1 aromatic carbocycles. The monoisotopic (exact) mass is 188 g/mol. The first kappa shape index (κ1) is 8.89. The normalized spacial score (nSPS) is 10.2. The molecule has 0 aliphatic heterocycles. The zero-order valence-electron chi connectivity index (χ0n) is 6.62. The molecule has 0 atom stereocenters. The van der Waals surface area contributed by atoms with E-state index < -0.39 is 0 Å². The molecule has 0 spiro atoms. The van der Waals surface area contributed by atoms with E-state index in [-0.39, 0.29) is 0 Å². The molecule has 0 N–H and O–H groups in total. The summed E-state index contributed by atoms with van der Waals surface area (Å²) in [6.07, 6.45) is 0.929. The Morgan fingerprint density at radius 2 is 1.82 bits per heavy atom. The van der Waals surface area contributed by atoms with E-state index in [1.54, 1.807) is 0 Å². The van der Waals surface area contributed by atoms with E-state index in [0.717, 1.165) is 17.5 Å². The maximum Gasteiger partial charge on any atom is 0.0626 e. The number of halogens is 2. The molecule has 2 heteroatoms. The molecule has 0 radical (unpaired) electrons. The second-order valence-electron chi connectivity index (χ2n) is 2.52. The SMILES string of the molecule is CCc1ccc(C)c(Cl)c1Cl. The van der Waals surface area contributed by atoms with Crippen molar-refractivity contribution >= 4 is 23.2 Å². The summed E-state index contributed by atoms with van der Waals surface area (Å²) in [5.41, 5.74) is 2.15. The van der Waals surface area contributed by atoms with Gasteiger partial charge in [0.2, 0.25) is 0 Å². The molecule has 0 fully saturated rings. The third-order valence-electron chi connectivity index (χ3n) is 1.74. The van der Waals surface area contributed by atoms with Crippen LogP contribution in [0.5, 0.6) is 0 Å². The molecule has 0 nitrogen and oxygen atoms in total. The minimum atomic E-state index is 0.686. The van der Waals surface area contributed by atoms with Crippen molar-refractivity contribution in [3.05, 3.63) is 33.3 Å². The molecule has 0 amide bonds. The van der Waals surface area contributed by atoms with Crippen LogP contribution in [0, 0.1) is 6.92 Å². The molecule has 0 unspecified atom stereocenters. The third kappa shape index (κ3) is 1.69. The Morgan fingerprint density at radius 3 is 2.36 bits per heavy atom. The summed E-state index contributed by atoms with van der Waals surface area (Å²) in [5, 5.41) is 1.39. The fourth-order valence-corrected chi connectivity index (χ4v) is 1.49. The van der Waals surface area contributed by atoms with Gasteiger partial charge in [-0.1, -0.05) is 42.3 Å². The van der Waals surface area contributed by atoms with Gasteiger partial charge in [0, 0.05) is 0 Å². The molecule has 0 aromatic heterocycles. The molecule has 1 aromatic rings. The van der Waals surface area contributed by atoms with Gasteiger partial charge in [0.05, 0.1) is 10.0 Å². The highest BCUT2D eigenvalue weighted by molar-refractivity contribution is 6.42. The van der Waals surface area contributed by atoms with Gasteiger partial charge in [0.15, 0.2) is 0 Å². The molecule has 0 saturated carbocycles. The summed E-state index contributed by atoms with van der Waals surface area (Å²) in [6.45, 7) is 4.01. The molecule has 1 rings (SSSR count). The largest absolute Gasteiger partial charge is 0.0824 e. The van der Waals surface area contributed by atoms with Crippen molar-refractivity contribution < 1.29 is 0 Å². The molecule has 0 saturated heterocycles. The number of aryl methyl sites for hydroxylation is 2. The number of hydrogen-bond acceptors (Lipinski definition) is 0. The van der Waals surface area contributed by atoms with Gasteiger partial charge in [0.1, 0.15) is 0 Å². The molecule has 11 heavy (non-hydrogen) atoms. The van der Waals surface area contributed by atoms with Gasteiger partial charge in [-0.05, 0) is 24.5 Å². The van der Waals surface area contributed by atoms with E-state index in [9.17, 15) is 0 Å². The molecule has 0 aliphatic carbocycles. The highest BCUT2D eigenvalue weighted by atomic mass is 35.5. The van der Waals surface area contributed by atoms with Crippen LogP contribution in [0.1, 0.15) is 18.1 Å². The summed E-state index contributed by atoms with van der Waals surface area (Å²) in [4.78, 5) is 0. The highest BCUT2D eigenvalue weighted by Crippen LogP contribution is 2.28. The average molecular weight is 189 g/mol. The van der Waals surface area contributed by atoms with Crippen LogP contribution in [-0.4, -0.2) is 0 Å². The Kier molecular flexibility index (Phi) is 2.80. The van der Waals surface area contributed by atoms with Gasteiger partial charge in [0.25, 0.3) is 0 Å². The maximum atomic E-state index is 5.97. The quantitative estimate of drug-likeness (QED) is 0.629. The summed E-state index contributed by atoms with van der Waals surface area (Å²) in [6, 6.07) is 4.01. The Hall–Kier alpha value is -0.200. The predicted molar refractivity (Wildman–Crippen MR) is 50.6 cm³/mol. The number of rotatable bonds is 1. The Labute approximate surface area is 77.1 Å². The highest BCUT2D eigenvalue weighted by Gasteiger charge is 2.04. The lowest BCUT2D eigenvalue weighted by Crippen LogP contribution is -1.85. The van der Waals surface area contributed by atoms with Crippen LogP contribution < -0.4 is 0 Å². The van der Waals surface area contributed by atoms with E-state index >= 15 is 0 Å². The van der Waals surface area contributed by atoms with Crippen molar-refractivity contribution in [3.8, 4) is 0 Å². The molecule has 60 valence electrons. The van der Waals surface area contributed by atoms with Crippen LogP contribution in [0.25, 0.3) is 0 Å². The van der Waals surface area contributed by atoms with Crippen molar-refractivity contribution in [2.24, 2.45) is 0 Å². The van der Waals surface area contributed by atoms with E-state index in [4.69, 9.17) is 23.2 Å². The standard InChI is InChI=1S/C9H10Cl2/c1-3-7-5-4-6(2)8(10)9(7)11/h4-5H,3H2,1-2H3. The van der Waals surface area contributed by atoms with Gasteiger partial charge in [-0.2, -0.15) is 0 Å². The van der Waals surface area contributed by atoms with Crippen molar-refractivity contribution in [1.82, 2.24) is 0 Å². The Bertz CT molecular complexity index is 267. The second-order valence-corrected chi connectivity index (χ2v) is 3.28. The van der Waals surface area contributed by atoms with Crippen molar-refractivity contribution in [3.63, 3.8) is 0 Å². The molecule has 0 bridgehead atoms. The lowest BCUT2D eigenvalue weighted by atomic mass is 10.1. The number of hydrogen-bond donors (Lipinski definition) is 0. The second kappa shape index (κ2) is 3.46. The summed E-state index contributed by atoms with van der Waals surface area (Å²) < 4.78 is 0. The smallest absolute Gasteiger partial charge is 0.0626 e. The topological polar surface area (TPSA) is 0 Å². The van der Waals surface area contributed by atoms with E-state index in [1.807, 2.05) is 19.1 Å². The van der Waals surface area contributed by atoms with Crippen LogP contribution in [0.3, 0.4) is 0 Å². The molecular weight excluding hydrogens is 179 g/mol. The fourth-order valence-electron chi connectivity index (χ4n) is 0.959. The minimum Gasteiger partial charge on any atom is -0.0824 e. The molecular formula is C9H10Cl2. The summed E-state index contributed by atoms with van der Waals surface area (Å²) in [5.74, 6) is 0. The Balaban J connectivity index is 3.25. The van der Waals surface area contributed by atoms with Crippen LogP contribution in [-0.2, 0) is 6.42 Å². The van der Waals surface area contributed by atoms with Crippen LogP contribution in [0.2, 0.25) is 10.0 Å². The van der Waals surface area contributed by atoms with E-state index in [2.05, 4.69) is 6.92 Å². The first-order valence-electron chi connectivity index (χ1n) is 3.60. The van der Waals surface area contributed by atoms with Gasteiger partial charge >= 0.3 is 0 Å². The minimum absolute atomic E-state index is 0.686. The summed E-state index contributed by atoms with van der Waals surface area (Å²) >= 11 is 11.9. The lowest BCUT2D eigenvalue weighted by Gasteiger charge is -2.04. The third-order valence-corrected chi connectivity index (χ3v) is 2.75. The summed E-state index contributed by atoms with van der Waals surface area (Å²) in [7, 11) is 0. The van der Waals surface area contributed by atoms with Crippen LogP contribution in [0.15, 0.2) is 12.1 Å². The predicted octanol–water partition coefficient (Wildman–Crippen LogP) is 3.86. The van der Waals surface area contributed by atoms with Crippen molar-refractivity contribution in [2.75, 3.05) is 0 Å².